The predicted octanol–water partition coefficient (Wildman–Crippen LogP) is 2.27. The van der Waals surface area contributed by atoms with Crippen molar-refractivity contribution in [3.63, 3.8) is 0 Å². The van der Waals surface area contributed by atoms with Gasteiger partial charge in [0.1, 0.15) is 0 Å². The second-order valence-electron chi connectivity index (χ2n) is 2.46. The second-order valence-corrected chi connectivity index (χ2v) is 2.46. The van der Waals surface area contributed by atoms with Gasteiger partial charge >= 0.3 is 5.97 Å². The highest BCUT2D eigenvalue weighted by atomic mass is 16.5. The molecule has 0 amide bonds. The van der Waals surface area contributed by atoms with Crippen LogP contribution in [0.15, 0.2) is 18.2 Å². The molecule has 0 aliphatic rings. The van der Waals surface area contributed by atoms with Crippen molar-refractivity contribution in [2.24, 2.45) is 0 Å². The number of carbonyl (C=O) groups is 1. The van der Waals surface area contributed by atoms with Gasteiger partial charge in [-0.2, -0.15) is 0 Å². The first-order chi connectivity index (χ1) is 5.77. The summed E-state index contributed by atoms with van der Waals surface area (Å²) in [6, 6.07) is 0. The molecule has 2 heteroatoms. The van der Waals surface area contributed by atoms with Crippen molar-refractivity contribution in [2.75, 3.05) is 6.61 Å². The van der Waals surface area contributed by atoms with Crippen LogP contribution in [0.2, 0.25) is 0 Å². The summed E-state index contributed by atoms with van der Waals surface area (Å²) in [6.45, 7) is 7.07. The average Bonchev–Trinajstić information content (AvgIpc) is 2.02. The van der Waals surface area contributed by atoms with E-state index >= 15 is 0 Å². The van der Waals surface area contributed by atoms with Gasteiger partial charge in [-0.25, -0.2) is 0 Å². The molecular weight excluding hydrogens is 152 g/mol. The lowest BCUT2D eigenvalue weighted by Gasteiger charge is -1.98. The van der Waals surface area contributed by atoms with Crippen LogP contribution in [-0.2, 0) is 9.53 Å². The molecule has 0 bridgehead atoms. The summed E-state index contributed by atoms with van der Waals surface area (Å²) in [5.74, 6) is -0.208. The largest absolute Gasteiger partial charge is 0.466 e. The molecule has 0 saturated heterocycles. The predicted molar refractivity (Wildman–Crippen MR) is 48.5 cm³/mol. The van der Waals surface area contributed by atoms with E-state index in [-0.39, 0.29) is 5.97 Å². The molecule has 0 heterocycles. The van der Waals surface area contributed by atoms with Crippen LogP contribution in [0.5, 0.6) is 0 Å². The molecule has 0 aromatic heterocycles. The van der Waals surface area contributed by atoms with Gasteiger partial charge < -0.3 is 4.74 Å². The molecule has 0 fully saturated rings. The number of esters is 1. The fourth-order valence-electron chi connectivity index (χ4n) is 0.755. The smallest absolute Gasteiger partial charge is 0.302 e. The van der Waals surface area contributed by atoms with E-state index in [1.165, 1.54) is 13.0 Å². The van der Waals surface area contributed by atoms with Crippen LogP contribution >= 0.6 is 0 Å². The van der Waals surface area contributed by atoms with E-state index in [1.54, 1.807) is 0 Å². The highest BCUT2D eigenvalue weighted by molar-refractivity contribution is 5.65. The first kappa shape index (κ1) is 10.9. The zero-order valence-electron chi connectivity index (χ0n) is 7.45. The molecule has 0 unspecified atom stereocenters. The van der Waals surface area contributed by atoms with Gasteiger partial charge in [0.05, 0.1) is 12.7 Å². The summed E-state index contributed by atoms with van der Waals surface area (Å²) in [6.07, 6.45) is 8.23. The SMILES string of the molecule is [CH+]=C/C=C/CCCCOC(C)=O. The van der Waals surface area contributed by atoms with Crippen molar-refractivity contribution in [1.29, 1.82) is 0 Å². The molecule has 66 valence electrons. The van der Waals surface area contributed by atoms with Gasteiger partial charge in [-0.05, 0) is 25.3 Å². The van der Waals surface area contributed by atoms with E-state index in [4.69, 9.17) is 11.3 Å². The molecule has 0 aliphatic heterocycles. The van der Waals surface area contributed by atoms with Crippen molar-refractivity contribution in [2.45, 2.75) is 26.2 Å². The Bertz CT molecular complexity index is 159. The molecule has 0 aromatic rings. The minimum Gasteiger partial charge on any atom is -0.466 e. The number of hydrogen-bond donors (Lipinski definition) is 0. The van der Waals surface area contributed by atoms with Crippen molar-refractivity contribution in [3.05, 3.63) is 24.8 Å². The van der Waals surface area contributed by atoms with Crippen molar-refractivity contribution >= 4 is 5.97 Å². The van der Waals surface area contributed by atoms with Crippen LogP contribution in [-0.4, -0.2) is 12.6 Å². The van der Waals surface area contributed by atoms with Crippen LogP contribution in [0.3, 0.4) is 0 Å². The van der Waals surface area contributed by atoms with E-state index in [1.807, 2.05) is 12.2 Å². The van der Waals surface area contributed by atoms with Gasteiger partial charge in [-0.15, -0.1) is 0 Å². The molecule has 0 saturated carbocycles. The molecule has 0 N–H and O–H groups in total. The third kappa shape index (κ3) is 8.86. The summed E-state index contributed by atoms with van der Waals surface area (Å²) >= 11 is 0. The molecule has 0 radical (unpaired) electrons. The topological polar surface area (TPSA) is 26.3 Å². The van der Waals surface area contributed by atoms with E-state index in [9.17, 15) is 4.79 Å². The van der Waals surface area contributed by atoms with Gasteiger partial charge in [0.2, 0.25) is 0 Å². The highest BCUT2D eigenvalue weighted by Crippen LogP contribution is 1.97. The van der Waals surface area contributed by atoms with Crippen LogP contribution < -0.4 is 0 Å². The zero-order valence-corrected chi connectivity index (χ0v) is 7.45. The fraction of sp³-hybridized carbons (Fsp3) is 0.500. The van der Waals surface area contributed by atoms with E-state index in [0.29, 0.717) is 6.61 Å². The van der Waals surface area contributed by atoms with Gasteiger partial charge in [0, 0.05) is 13.5 Å². The van der Waals surface area contributed by atoms with Crippen LogP contribution in [0, 0.1) is 6.58 Å². The minimum absolute atomic E-state index is 0.208. The van der Waals surface area contributed by atoms with E-state index < -0.39 is 0 Å². The van der Waals surface area contributed by atoms with Gasteiger partial charge in [-0.1, -0.05) is 0 Å². The third-order valence-corrected chi connectivity index (χ3v) is 1.32. The average molecular weight is 167 g/mol. The summed E-state index contributed by atoms with van der Waals surface area (Å²) in [5, 5.41) is 0. The number of unbranched alkanes of at least 4 members (excludes halogenated alkanes) is 2. The number of allylic oxidation sites excluding steroid dienone is 3. The first-order valence-electron chi connectivity index (χ1n) is 4.11. The Morgan fingerprint density at radius 2 is 2.25 bits per heavy atom. The third-order valence-electron chi connectivity index (χ3n) is 1.32. The minimum atomic E-state index is -0.208. The summed E-state index contributed by atoms with van der Waals surface area (Å²) < 4.78 is 4.75. The van der Waals surface area contributed by atoms with Crippen molar-refractivity contribution in [3.8, 4) is 0 Å². The maximum absolute atomic E-state index is 10.3. The quantitative estimate of drug-likeness (QED) is 0.262. The Hall–Kier alpha value is -1.14. The lowest BCUT2D eigenvalue weighted by Crippen LogP contribution is -1.99. The monoisotopic (exact) mass is 167 g/mol. The second kappa shape index (κ2) is 7.96. The summed E-state index contributed by atoms with van der Waals surface area (Å²) in [4.78, 5) is 10.3. The van der Waals surface area contributed by atoms with Gasteiger partial charge in [-0.3, -0.25) is 4.79 Å². The highest BCUT2D eigenvalue weighted by Gasteiger charge is 1.91. The molecule has 0 atom stereocenters. The number of hydrogen-bond acceptors (Lipinski definition) is 2. The standard InChI is InChI=1S/C10H15O2/c1-3-4-5-6-7-8-9-12-10(2)11/h1,3-5H,6-9H2,2H3/q+1/b5-4+. The van der Waals surface area contributed by atoms with Crippen molar-refractivity contribution in [1.82, 2.24) is 0 Å². The maximum Gasteiger partial charge on any atom is 0.302 e. The van der Waals surface area contributed by atoms with Gasteiger partial charge in [0.25, 0.3) is 0 Å². The van der Waals surface area contributed by atoms with Gasteiger partial charge in [0.15, 0.2) is 6.08 Å². The first-order valence-corrected chi connectivity index (χ1v) is 4.11. The summed E-state index contributed by atoms with van der Waals surface area (Å²) in [7, 11) is 0. The lowest BCUT2D eigenvalue weighted by atomic mass is 10.2. The number of ether oxygens (including phenoxy) is 1. The molecule has 0 spiro atoms. The van der Waals surface area contributed by atoms with Crippen LogP contribution in [0.4, 0.5) is 0 Å². The van der Waals surface area contributed by atoms with E-state index in [2.05, 4.69) is 0 Å². The fourth-order valence-corrected chi connectivity index (χ4v) is 0.755. The number of rotatable bonds is 6. The number of carbonyl (C=O) groups excluding carboxylic acids is 1. The van der Waals surface area contributed by atoms with Crippen LogP contribution in [0.1, 0.15) is 26.2 Å². The van der Waals surface area contributed by atoms with Crippen molar-refractivity contribution < 1.29 is 9.53 Å². The maximum atomic E-state index is 10.3. The molecule has 0 aliphatic carbocycles. The molecule has 0 aromatic carbocycles. The Morgan fingerprint density at radius 1 is 1.50 bits per heavy atom. The zero-order chi connectivity index (χ0) is 9.23. The molecular formula is C10H15O2+. The summed E-state index contributed by atoms with van der Waals surface area (Å²) in [5.41, 5.74) is 0. The van der Waals surface area contributed by atoms with Crippen LogP contribution in [0.25, 0.3) is 0 Å². The van der Waals surface area contributed by atoms with E-state index in [0.717, 1.165) is 19.3 Å². The Labute approximate surface area is 73.9 Å². The normalized spacial score (nSPS) is 10.0. The Morgan fingerprint density at radius 3 is 2.83 bits per heavy atom. The molecule has 2 nitrogen and oxygen atoms in total. The lowest BCUT2D eigenvalue weighted by molar-refractivity contribution is -0.141. The molecule has 0 rings (SSSR count). The molecule has 12 heavy (non-hydrogen) atoms. The Balaban J connectivity index is 3.05. The Kier molecular flexibility index (Phi) is 7.21.